The molecule has 0 aromatic heterocycles. The molecular formula is C8H12O4. The molecule has 3 N–H and O–H groups in total. The lowest BCUT2D eigenvalue weighted by Crippen LogP contribution is -2.51. The molecule has 2 bridgehead atoms. The molecule has 2 fully saturated rings. The van der Waals surface area contributed by atoms with Crippen LogP contribution in [0.3, 0.4) is 0 Å². The number of carbonyl (C=O) groups excluding carboxylic acids is 1. The monoisotopic (exact) mass is 172 g/mol. The van der Waals surface area contributed by atoms with Gasteiger partial charge in [0.2, 0.25) is 0 Å². The van der Waals surface area contributed by atoms with Crippen molar-refractivity contribution in [2.75, 3.05) is 0 Å². The summed E-state index contributed by atoms with van der Waals surface area (Å²) in [6.45, 7) is 0. The molecule has 68 valence electrons. The van der Waals surface area contributed by atoms with Crippen molar-refractivity contribution in [2.24, 2.45) is 11.8 Å². The van der Waals surface area contributed by atoms with E-state index in [4.69, 9.17) is 0 Å². The topological polar surface area (TPSA) is 77.8 Å². The molecule has 2 saturated carbocycles. The van der Waals surface area contributed by atoms with E-state index in [-0.39, 0.29) is 5.92 Å². The quantitative estimate of drug-likeness (QED) is 0.423. The molecule has 5 atom stereocenters. The molecule has 0 spiro atoms. The number of rotatable bonds is 0. The number of ketones is 1. The van der Waals surface area contributed by atoms with Gasteiger partial charge in [0.15, 0.2) is 5.78 Å². The lowest BCUT2D eigenvalue weighted by atomic mass is 9.81. The molecule has 4 nitrogen and oxygen atoms in total. The smallest absolute Gasteiger partial charge is 0.169 e. The van der Waals surface area contributed by atoms with Gasteiger partial charge >= 0.3 is 0 Å². The van der Waals surface area contributed by atoms with E-state index < -0.39 is 30.0 Å². The van der Waals surface area contributed by atoms with Crippen LogP contribution in [-0.4, -0.2) is 39.4 Å². The first-order valence-electron chi connectivity index (χ1n) is 4.21. The molecule has 4 heteroatoms. The Morgan fingerprint density at radius 1 is 1.08 bits per heavy atom. The summed E-state index contributed by atoms with van der Waals surface area (Å²) in [5.41, 5.74) is 0. The van der Waals surface area contributed by atoms with E-state index >= 15 is 0 Å². The summed E-state index contributed by atoms with van der Waals surface area (Å²) in [5.74, 6) is -1.14. The van der Waals surface area contributed by atoms with Gasteiger partial charge in [-0.15, -0.1) is 0 Å². The molecule has 2 aliphatic rings. The van der Waals surface area contributed by atoms with Crippen LogP contribution in [-0.2, 0) is 4.79 Å². The van der Waals surface area contributed by atoms with Crippen LogP contribution in [0.25, 0.3) is 0 Å². The van der Waals surface area contributed by atoms with Crippen LogP contribution in [0.4, 0.5) is 0 Å². The van der Waals surface area contributed by atoms with Gasteiger partial charge in [-0.1, -0.05) is 0 Å². The third-order valence-corrected chi connectivity index (χ3v) is 3.08. The SMILES string of the molecule is O=C1C(O)C(O)C2CCC1C2O. The highest BCUT2D eigenvalue weighted by Crippen LogP contribution is 2.40. The molecule has 0 aromatic rings. The number of hydrogen-bond donors (Lipinski definition) is 3. The van der Waals surface area contributed by atoms with E-state index in [9.17, 15) is 20.1 Å². The lowest BCUT2D eigenvalue weighted by molar-refractivity contribution is -0.153. The number of carbonyl (C=O) groups is 1. The van der Waals surface area contributed by atoms with Gasteiger partial charge in [0.05, 0.1) is 12.2 Å². The van der Waals surface area contributed by atoms with Crippen LogP contribution < -0.4 is 0 Å². The van der Waals surface area contributed by atoms with Crippen LogP contribution in [0.1, 0.15) is 12.8 Å². The number of hydrogen-bond acceptors (Lipinski definition) is 4. The third kappa shape index (κ3) is 0.856. The van der Waals surface area contributed by atoms with Gasteiger partial charge in [0.25, 0.3) is 0 Å². The van der Waals surface area contributed by atoms with Crippen molar-refractivity contribution in [2.45, 2.75) is 31.2 Å². The lowest BCUT2D eigenvalue weighted by Gasteiger charge is -2.32. The van der Waals surface area contributed by atoms with Gasteiger partial charge in [-0.3, -0.25) is 4.79 Å². The molecule has 0 radical (unpaired) electrons. The van der Waals surface area contributed by atoms with Gasteiger partial charge in [0.1, 0.15) is 6.10 Å². The number of fused-ring (bicyclic) bond motifs is 2. The Morgan fingerprint density at radius 2 is 1.75 bits per heavy atom. The van der Waals surface area contributed by atoms with Crippen molar-refractivity contribution in [3.8, 4) is 0 Å². The second-order valence-electron chi connectivity index (χ2n) is 3.68. The molecule has 5 unspecified atom stereocenters. The van der Waals surface area contributed by atoms with Crippen LogP contribution in [0.2, 0.25) is 0 Å². The van der Waals surface area contributed by atoms with Crippen LogP contribution >= 0.6 is 0 Å². The highest BCUT2D eigenvalue weighted by Gasteiger charge is 2.52. The van der Waals surface area contributed by atoms with E-state index in [1.807, 2.05) is 0 Å². The van der Waals surface area contributed by atoms with Crippen molar-refractivity contribution in [1.82, 2.24) is 0 Å². The predicted molar refractivity (Wildman–Crippen MR) is 39.2 cm³/mol. The molecule has 0 aromatic carbocycles. The van der Waals surface area contributed by atoms with Crippen molar-refractivity contribution in [3.05, 3.63) is 0 Å². The van der Waals surface area contributed by atoms with Crippen molar-refractivity contribution in [1.29, 1.82) is 0 Å². The van der Waals surface area contributed by atoms with Gasteiger partial charge < -0.3 is 15.3 Å². The summed E-state index contributed by atoms with van der Waals surface area (Å²) in [4.78, 5) is 11.2. The fraction of sp³-hybridized carbons (Fsp3) is 0.875. The second kappa shape index (κ2) is 2.52. The summed E-state index contributed by atoms with van der Waals surface area (Å²) >= 11 is 0. The Balaban J connectivity index is 2.29. The first-order valence-corrected chi connectivity index (χ1v) is 4.21. The van der Waals surface area contributed by atoms with Gasteiger partial charge in [0, 0.05) is 11.8 Å². The standard InChI is InChI=1S/C8H12O4/c9-5-3-1-2-4(5)7(11)8(12)6(3)10/h3-6,8-10,12H,1-2H2. The van der Waals surface area contributed by atoms with E-state index in [1.165, 1.54) is 0 Å². The van der Waals surface area contributed by atoms with Crippen molar-refractivity contribution in [3.63, 3.8) is 0 Å². The predicted octanol–water partition coefficient (Wildman–Crippen LogP) is -1.32. The zero-order valence-electron chi connectivity index (χ0n) is 6.55. The van der Waals surface area contributed by atoms with Crippen LogP contribution in [0.5, 0.6) is 0 Å². The van der Waals surface area contributed by atoms with E-state index in [2.05, 4.69) is 0 Å². The van der Waals surface area contributed by atoms with Crippen molar-refractivity contribution < 1.29 is 20.1 Å². The second-order valence-corrected chi connectivity index (χ2v) is 3.68. The molecule has 0 aliphatic heterocycles. The van der Waals surface area contributed by atoms with Gasteiger partial charge in [-0.2, -0.15) is 0 Å². The maximum absolute atomic E-state index is 11.2. The Bertz CT molecular complexity index is 215. The summed E-state index contributed by atoms with van der Waals surface area (Å²) in [5, 5.41) is 28.1. The first-order chi connectivity index (χ1) is 5.63. The Kier molecular flexibility index (Phi) is 1.71. The largest absolute Gasteiger partial charge is 0.392 e. The zero-order chi connectivity index (χ0) is 8.88. The van der Waals surface area contributed by atoms with Gasteiger partial charge in [-0.25, -0.2) is 0 Å². The minimum absolute atomic E-state index is 0.303. The molecular weight excluding hydrogens is 160 g/mol. The summed E-state index contributed by atoms with van der Waals surface area (Å²) in [7, 11) is 0. The third-order valence-electron chi connectivity index (χ3n) is 3.08. The Morgan fingerprint density at radius 3 is 2.42 bits per heavy atom. The molecule has 2 rings (SSSR count). The van der Waals surface area contributed by atoms with Crippen LogP contribution in [0, 0.1) is 11.8 Å². The minimum atomic E-state index is -1.27. The molecule has 0 amide bonds. The normalized spacial score (nSPS) is 52.9. The molecule has 2 aliphatic carbocycles. The zero-order valence-corrected chi connectivity index (χ0v) is 6.55. The highest BCUT2D eigenvalue weighted by atomic mass is 16.3. The van der Waals surface area contributed by atoms with E-state index in [1.54, 1.807) is 0 Å². The Hall–Kier alpha value is -0.450. The van der Waals surface area contributed by atoms with Gasteiger partial charge in [-0.05, 0) is 12.8 Å². The average Bonchev–Trinajstić information content (AvgIpc) is 2.38. The molecule has 0 saturated heterocycles. The highest BCUT2D eigenvalue weighted by molar-refractivity contribution is 5.87. The summed E-state index contributed by atoms with van der Waals surface area (Å²) in [6, 6.07) is 0. The maximum Gasteiger partial charge on any atom is 0.169 e. The first kappa shape index (κ1) is 8.16. The van der Waals surface area contributed by atoms with Crippen LogP contribution in [0.15, 0.2) is 0 Å². The fourth-order valence-corrected chi connectivity index (χ4v) is 2.32. The van der Waals surface area contributed by atoms with Crippen molar-refractivity contribution >= 4 is 5.78 Å². The number of aliphatic hydroxyl groups excluding tert-OH is 3. The Labute approximate surface area is 69.8 Å². The number of aliphatic hydroxyl groups is 3. The fourth-order valence-electron chi connectivity index (χ4n) is 2.32. The molecule has 12 heavy (non-hydrogen) atoms. The summed E-state index contributed by atoms with van der Waals surface area (Å²) in [6.07, 6.45) is -1.85. The maximum atomic E-state index is 11.2. The molecule has 0 heterocycles. The van der Waals surface area contributed by atoms with E-state index in [0.29, 0.717) is 12.8 Å². The van der Waals surface area contributed by atoms with E-state index in [0.717, 1.165) is 0 Å². The number of Topliss-reactive ketones (excluding diaryl/α,β-unsaturated/α-hetero) is 1. The average molecular weight is 172 g/mol. The summed E-state index contributed by atoms with van der Waals surface area (Å²) < 4.78 is 0. The minimum Gasteiger partial charge on any atom is -0.392 e.